The summed E-state index contributed by atoms with van der Waals surface area (Å²) in [6, 6.07) is 4.40. The normalized spacial score (nSPS) is 10.6. The van der Waals surface area contributed by atoms with E-state index in [2.05, 4.69) is 29.1 Å². The average Bonchev–Trinajstić information content (AvgIpc) is 2.71. The van der Waals surface area contributed by atoms with E-state index in [1.807, 2.05) is 29.1 Å². The van der Waals surface area contributed by atoms with Gasteiger partial charge in [0.1, 0.15) is 12.1 Å². The minimum atomic E-state index is 0.422. The van der Waals surface area contributed by atoms with E-state index in [0.29, 0.717) is 6.04 Å². The van der Waals surface area contributed by atoms with Gasteiger partial charge in [0.15, 0.2) is 0 Å². The minimum absolute atomic E-state index is 0.422. The molecular formula is C11H14N4. The molecule has 2 rings (SSSR count). The molecule has 78 valence electrons. The predicted molar refractivity (Wildman–Crippen MR) is 60.1 cm³/mol. The molecule has 0 aliphatic rings. The fourth-order valence-electron chi connectivity index (χ4n) is 1.35. The lowest BCUT2D eigenvalue weighted by molar-refractivity contribution is 0.895. The minimum Gasteiger partial charge on any atom is -0.382 e. The van der Waals surface area contributed by atoms with Gasteiger partial charge in [0.2, 0.25) is 0 Å². The maximum absolute atomic E-state index is 4.33. The van der Waals surface area contributed by atoms with Crippen molar-refractivity contribution in [2.24, 2.45) is 0 Å². The summed E-state index contributed by atoms with van der Waals surface area (Å²) in [4.78, 5) is 8.31. The highest BCUT2D eigenvalue weighted by Gasteiger charge is 1.98. The molecule has 0 bridgehead atoms. The van der Waals surface area contributed by atoms with Gasteiger partial charge in [0.25, 0.3) is 0 Å². The van der Waals surface area contributed by atoms with Crippen molar-refractivity contribution < 1.29 is 0 Å². The van der Waals surface area contributed by atoms with Crippen LogP contribution in [0.15, 0.2) is 37.1 Å². The molecule has 0 spiro atoms. The topological polar surface area (TPSA) is 42.7 Å². The number of nitrogens with zero attached hydrogens (tertiary/aromatic N) is 3. The third-order valence-corrected chi connectivity index (χ3v) is 1.97. The Hall–Kier alpha value is -1.84. The molecule has 4 nitrogen and oxygen atoms in total. The standard InChI is InChI=1S/C11H14N4/c1-9(2)14-10-3-4-11(13-7-10)15-6-5-12-8-15/h3-9,14H,1-2H3. The van der Waals surface area contributed by atoms with Gasteiger partial charge in [-0.2, -0.15) is 0 Å². The lowest BCUT2D eigenvalue weighted by Crippen LogP contribution is -2.09. The van der Waals surface area contributed by atoms with Crippen LogP contribution >= 0.6 is 0 Å². The van der Waals surface area contributed by atoms with Crippen LogP contribution in [-0.2, 0) is 0 Å². The van der Waals surface area contributed by atoms with Gasteiger partial charge in [0, 0.05) is 18.4 Å². The zero-order valence-electron chi connectivity index (χ0n) is 8.88. The van der Waals surface area contributed by atoms with Crippen molar-refractivity contribution in [1.29, 1.82) is 0 Å². The van der Waals surface area contributed by atoms with Crippen molar-refractivity contribution in [2.75, 3.05) is 5.32 Å². The summed E-state index contributed by atoms with van der Waals surface area (Å²) in [5.74, 6) is 0.877. The Bertz CT molecular complexity index is 403. The lowest BCUT2D eigenvalue weighted by Gasteiger charge is -2.09. The summed E-state index contributed by atoms with van der Waals surface area (Å²) in [7, 11) is 0. The first-order valence-corrected chi connectivity index (χ1v) is 4.96. The van der Waals surface area contributed by atoms with Crippen LogP contribution in [-0.4, -0.2) is 20.6 Å². The van der Waals surface area contributed by atoms with Crippen molar-refractivity contribution in [2.45, 2.75) is 19.9 Å². The highest BCUT2D eigenvalue weighted by Crippen LogP contribution is 2.10. The van der Waals surface area contributed by atoms with Gasteiger partial charge in [0.05, 0.1) is 11.9 Å². The van der Waals surface area contributed by atoms with Crippen LogP contribution in [0, 0.1) is 0 Å². The van der Waals surface area contributed by atoms with Crippen molar-refractivity contribution in [3.63, 3.8) is 0 Å². The number of pyridine rings is 1. The number of hydrogen-bond acceptors (Lipinski definition) is 3. The van der Waals surface area contributed by atoms with Crippen LogP contribution in [0.25, 0.3) is 5.82 Å². The summed E-state index contributed by atoms with van der Waals surface area (Å²) in [6.45, 7) is 4.20. The third-order valence-electron chi connectivity index (χ3n) is 1.97. The molecule has 2 heterocycles. The Labute approximate surface area is 89.0 Å². The number of aromatic nitrogens is 3. The van der Waals surface area contributed by atoms with Gasteiger partial charge in [-0.3, -0.25) is 4.57 Å². The number of imidazole rings is 1. The molecule has 0 saturated carbocycles. The Morgan fingerprint density at radius 1 is 1.33 bits per heavy atom. The Morgan fingerprint density at radius 2 is 2.20 bits per heavy atom. The maximum atomic E-state index is 4.33. The van der Waals surface area contributed by atoms with E-state index in [1.54, 1.807) is 12.5 Å². The van der Waals surface area contributed by atoms with E-state index in [9.17, 15) is 0 Å². The third kappa shape index (κ3) is 2.34. The fraction of sp³-hybridized carbons (Fsp3) is 0.273. The fourth-order valence-corrected chi connectivity index (χ4v) is 1.35. The second-order valence-electron chi connectivity index (χ2n) is 3.67. The van der Waals surface area contributed by atoms with Crippen LogP contribution in [0.4, 0.5) is 5.69 Å². The Morgan fingerprint density at radius 3 is 2.73 bits per heavy atom. The lowest BCUT2D eigenvalue weighted by atomic mass is 10.3. The van der Waals surface area contributed by atoms with E-state index >= 15 is 0 Å². The van der Waals surface area contributed by atoms with Crippen LogP contribution in [0.5, 0.6) is 0 Å². The van der Waals surface area contributed by atoms with E-state index in [4.69, 9.17) is 0 Å². The summed E-state index contributed by atoms with van der Waals surface area (Å²) in [5, 5.41) is 3.29. The molecule has 0 aromatic carbocycles. The summed E-state index contributed by atoms with van der Waals surface area (Å²) in [5.41, 5.74) is 1.04. The van der Waals surface area contributed by atoms with Crippen molar-refractivity contribution in [3.8, 4) is 5.82 Å². The van der Waals surface area contributed by atoms with E-state index in [1.165, 1.54) is 0 Å². The first kappa shape index (κ1) is 9.71. The van der Waals surface area contributed by atoms with Gasteiger partial charge in [-0.15, -0.1) is 0 Å². The highest BCUT2D eigenvalue weighted by atomic mass is 15.1. The zero-order chi connectivity index (χ0) is 10.7. The molecule has 0 unspecified atom stereocenters. The average molecular weight is 202 g/mol. The summed E-state index contributed by atoms with van der Waals surface area (Å²) in [6.07, 6.45) is 7.17. The molecule has 0 saturated heterocycles. The van der Waals surface area contributed by atoms with Gasteiger partial charge in [-0.05, 0) is 26.0 Å². The quantitative estimate of drug-likeness (QED) is 0.828. The van der Waals surface area contributed by atoms with E-state index < -0.39 is 0 Å². The molecule has 15 heavy (non-hydrogen) atoms. The number of hydrogen-bond donors (Lipinski definition) is 1. The molecular weight excluding hydrogens is 188 g/mol. The predicted octanol–water partition coefficient (Wildman–Crippen LogP) is 2.09. The SMILES string of the molecule is CC(C)Nc1ccc(-n2ccnc2)nc1. The first-order valence-electron chi connectivity index (χ1n) is 4.96. The molecule has 0 atom stereocenters. The van der Waals surface area contributed by atoms with Gasteiger partial charge >= 0.3 is 0 Å². The van der Waals surface area contributed by atoms with Gasteiger partial charge in [-0.1, -0.05) is 0 Å². The number of nitrogens with one attached hydrogen (secondary N) is 1. The van der Waals surface area contributed by atoms with Gasteiger partial charge < -0.3 is 5.32 Å². The maximum Gasteiger partial charge on any atom is 0.137 e. The van der Waals surface area contributed by atoms with Crippen LogP contribution in [0.3, 0.4) is 0 Å². The Kier molecular flexibility index (Phi) is 2.67. The molecule has 4 heteroatoms. The number of rotatable bonds is 3. The molecule has 0 amide bonds. The summed E-state index contributed by atoms with van der Waals surface area (Å²) >= 11 is 0. The monoisotopic (exact) mass is 202 g/mol. The van der Waals surface area contributed by atoms with Crippen molar-refractivity contribution >= 4 is 5.69 Å². The molecule has 0 fully saturated rings. The summed E-state index contributed by atoms with van der Waals surface area (Å²) < 4.78 is 1.87. The van der Waals surface area contributed by atoms with Crippen LogP contribution < -0.4 is 5.32 Å². The van der Waals surface area contributed by atoms with E-state index in [0.717, 1.165) is 11.5 Å². The molecule has 2 aromatic heterocycles. The second kappa shape index (κ2) is 4.13. The van der Waals surface area contributed by atoms with Crippen molar-refractivity contribution in [1.82, 2.24) is 14.5 Å². The Balaban J connectivity index is 2.17. The highest BCUT2D eigenvalue weighted by molar-refractivity contribution is 5.44. The molecule has 0 aliphatic heterocycles. The largest absolute Gasteiger partial charge is 0.382 e. The van der Waals surface area contributed by atoms with Gasteiger partial charge in [-0.25, -0.2) is 9.97 Å². The van der Waals surface area contributed by atoms with Crippen LogP contribution in [0.1, 0.15) is 13.8 Å². The smallest absolute Gasteiger partial charge is 0.137 e. The first-order chi connectivity index (χ1) is 7.25. The molecule has 1 N–H and O–H groups in total. The molecule has 2 aromatic rings. The van der Waals surface area contributed by atoms with Crippen molar-refractivity contribution in [3.05, 3.63) is 37.1 Å². The van der Waals surface area contributed by atoms with E-state index in [-0.39, 0.29) is 0 Å². The second-order valence-corrected chi connectivity index (χ2v) is 3.67. The zero-order valence-corrected chi connectivity index (χ0v) is 8.88. The van der Waals surface area contributed by atoms with Crippen LogP contribution in [0.2, 0.25) is 0 Å². The molecule has 0 aliphatic carbocycles. The number of anilines is 1. The molecule has 0 radical (unpaired) electrons.